The number of furan rings is 1. The predicted molar refractivity (Wildman–Crippen MR) is 85.9 cm³/mol. The van der Waals surface area contributed by atoms with Gasteiger partial charge < -0.3 is 15.1 Å². The van der Waals surface area contributed by atoms with Crippen molar-refractivity contribution in [3.8, 4) is 0 Å². The van der Waals surface area contributed by atoms with Crippen molar-refractivity contribution >= 4 is 16.6 Å². The summed E-state index contributed by atoms with van der Waals surface area (Å²) in [5, 5.41) is 14.7. The Morgan fingerprint density at radius 1 is 1.14 bits per heavy atom. The Hall–Kier alpha value is -2.60. The van der Waals surface area contributed by atoms with Gasteiger partial charge in [-0.1, -0.05) is 18.2 Å². The van der Waals surface area contributed by atoms with E-state index in [2.05, 4.69) is 20.8 Å². The molecule has 0 aliphatic carbocycles. The number of aromatic amines is 1. The van der Waals surface area contributed by atoms with Crippen molar-refractivity contribution in [3.63, 3.8) is 0 Å². The first kappa shape index (κ1) is 14.3. The number of H-pyrrole nitrogens is 1. The molecule has 6 nitrogen and oxygen atoms in total. The molecule has 3 aromatic rings. The van der Waals surface area contributed by atoms with Crippen molar-refractivity contribution in [1.82, 2.24) is 15.5 Å². The van der Waals surface area contributed by atoms with Crippen LogP contribution in [0, 0.1) is 0 Å². The van der Waals surface area contributed by atoms with Gasteiger partial charge in [0.2, 0.25) is 0 Å². The number of hydrogen-bond acceptors (Lipinski definition) is 5. The predicted octanol–water partition coefficient (Wildman–Crippen LogP) is 2.11. The highest BCUT2D eigenvalue weighted by atomic mass is 16.3. The Morgan fingerprint density at radius 2 is 2.00 bits per heavy atom. The van der Waals surface area contributed by atoms with Crippen LogP contribution < -0.4 is 16.2 Å². The summed E-state index contributed by atoms with van der Waals surface area (Å²) < 4.78 is 5.01. The first-order valence-electron chi connectivity index (χ1n) is 7.27. The highest BCUT2D eigenvalue weighted by molar-refractivity contribution is 5.90. The van der Waals surface area contributed by atoms with Gasteiger partial charge in [0.15, 0.2) is 5.82 Å². The van der Waals surface area contributed by atoms with Crippen molar-refractivity contribution in [2.75, 3.05) is 18.4 Å². The molecule has 3 rings (SSSR count). The number of nitrogens with one attached hydrogen (secondary N) is 3. The van der Waals surface area contributed by atoms with Gasteiger partial charge in [-0.25, -0.2) is 5.10 Å². The second-order valence-electron chi connectivity index (χ2n) is 5.04. The molecule has 0 saturated heterocycles. The quantitative estimate of drug-likeness (QED) is 0.582. The normalized spacial score (nSPS) is 10.9. The van der Waals surface area contributed by atoms with E-state index in [1.54, 1.807) is 18.6 Å². The minimum Gasteiger partial charge on any atom is -0.472 e. The molecule has 22 heavy (non-hydrogen) atoms. The van der Waals surface area contributed by atoms with Crippen molar-refractivity contribution in [1.29, 1.82) is 0 Å². The summed E-state index contributed by atoms with van der Waals surface area (Å²) in [5.41, 5.74) is 0.976. The molecule has 0 bridgehead atoms. The molecule has 2 aromatic heterocycles. The second-order valence-corrected chi connectivity index (χ2v) is 5.04. The third-order valence-corrected chi connectivity index (χ3v) is 3.43. The molecule has 0 aliphatic heterocycles. The van der Waals surface area contributed by atoms with Crippen LogP contribution >= 0.6 is 0 Å². The Bertz CT molecular complexity index is 780. The third kappa shape index (κ3) is 3.35. The summed E-state index contributed by atoms with van der Waals surface area (Å²) in [6.45, 7) is 2.47. The maximum Gasteiger partial charge on any atom is 0.272 e. The first-order valence-corrected chi connectivity index (χ1v) is 7.27. The van der Waals surface area contributed by atoms with E-state index in [0.717, 1.165) is 37.0 Å². The number of rotatable bonds is 7. The lowest BCUT2D eigenvalue weighted by atomic mass is 10.2. The summed E-state index contributed by atoms with van der Waals surface area (Å²) in [6.07, 6.45) is 4.36. The van der Waals surface area contributed by atoms with Gasteiger partial charge in [0.1, 0.15) is 0 Å². The molecule has 0 unspecified atom stereocenters. The van der Waals surface area contributed by atoms with Gasteiger partial charge in [0.05, 0.1) is 17.9 Å². The number of hydrogen-bond donors (Lipinski definition) is 3. The molecule has 1 aromatic carbocycles. The molecular formula is C16H18N4O2. The average Bonchev–Trinajstić information content (AvgIpc) is 3.06. The molecule has 6 heteroatoms. The molecule has 0 fully saturated rings. The van der Waals surface area contributed by atoms with Crippen molar-refractivity contribution in [2.45, 2.75) is 13.0 Å². The lowest BCUT2D eigenvalue weighted by Crippen LogP contribution is -2.18. The van der Waals surface area contributed by atoms with Crippen LogP contribution in [0.1, 0.15) is 12.0 Å². The van der Waals surface area contributed by atoms with Crippen molar-refractivity contribution < 1.29 is 4.42 Å². The molecule has 114 valence electrons. The van der Waals surface area contributed by atoms with Crippen LogP contribution in [-0.2, 0) is 6.54 Å². The largest absolute Gasteiger partial charge is 0.472 e. The van der Waals surface area contributed by atoms with Crippen molar-refractivity contribution in [3.05, 3.63) is 58.8 Å². The molecule has 0 spiro atoms. The maximum atomic E-state index is 11.7. The zero-order chi connectivity index (χ0) is 15.2. The smallest absolute Gasteiger partial charge is 0.272 e. The highest BCUT2D eigenvalue weighted by Crippen LogP contribution is 2.16. The van der Waals surface area contributed by atoms with E-state index >= 15 is 0 Å². The van der Waals surface area contributed by atoms with Crippen LogP contribution in [0.15, 0.2) is 52.1 Å². The Balaban J connectivity index is 1.50. The summed E-state index contributed by atoms with van der Waals surface area (Å²) in [5.74, 6) is 0.713. The first-order chi connectivity index (χ1) is 10.8. The number of nitrogens with zero attached hydrogens (tertiary/aromatic N) is 1. The number of aromatic nitrogens is 2. The van der Waals surface area contributed by atoms with Crippen molar-refractivity contribution in [2.24, 2.45) is 0 Å². The van der Waals surface area contributed by atoms with Crippen LogP contribution in [0.25, 0.3) is 10.8 Å². The molecule has 0 amide bonds. The number of anilines is 1. The number of fused-ring (bicyclic) bond motifs is 1. The number of benzene rings is 1. The van der Waals surface area contributed by atoms with E-state index < -0.39 is 0 Å². The Kier molecular flexibility index (Phi) is 4.50. The van der Waals surface area contributed by atoms with Gasteiger partial charge in [-0.05, 0) is 25.1 Å². The Labute approximate surface area is 127 Å². The zero-order valence-corrected chi connectivity index (χ0v) is 12.1. The minimum absolute atomic E-state index is 0.164. The highest BCUT2D eigenvalue weighted by Gasteiger charge is 2.04. The SMILES string of the molecule is O=c1[nH]nc(NCCCNCc2ccoc2)c2ccccc12. The van der Waals surface area contributed by atoms with Gasteiger partial charge in [-0.3, -0.25) is 4.79 Å². The van der Waals surface area contributed by atoms with E-state index in [0.29, 0.717) is 11.2 Å². The standard InChI is InChI=1S/C16H18N4O2/c21-16-14-5-2-1-4-13(14)15(19-20-16)18-8-3-7-17-10-12-6-9-22-11-12/h1-2,4-6,9,11,17H,3,7-8,10H2,(H,18,19)(H,20,21). The second kappa shape index (κ2) is 6.91. The molecule has 0 saturated carbocycles. The van der Waals surface area contributed by atoms with Crippen LogP contribution in [0.4, 0.5) is 5.82 Å². The van der Waals surface area contributed by atoms with Crippen LogP contribution in [-0.4, -0.2) is 23.3 Å². The minimum atomic E-state index is -0.164. The third-order valence-electron chi connectivity index (χ3n) is 3.43. The van der Waals surface area contributed by atoms with Gasteiger partial charge in [0.25, 0.3) is 5.56 Å². The van der Waals surface area contributed by atoms with Crippen LogP contribution in [0.3, 0.4) is 0 Å². The Morgan fingerprint density at radius 3 is 2.82 bits per heavy atom. The summed E-state index contributed by atoms with van der Waals surface area (Å²) in [7, 11) is 0. The lowest BCUT2D eigenvalue weighted by molar-refractivity contribution is 0.560. The monoisotopic (exact) mass is 298 g/mol. The molecule has 0 atom stereocenters. The molecule has 0 radical (unpaired) electrons. The maximum absolute atomic E-state index is 11.7. The molecule has 3 N–H and O–H groups in total. The van der Waals surface area contributed by atoms with Crippen LogP contribution in [0.5, 0.6) is 0 Å². The van der Waals surface area contributed by atoms with Gasteiger partial charge >= 0.3 is 0 Å². The average molecular weight is 298 g/mol. The molecular weight excluding hydrogens is 280 g/mol. The van der Waals surface area contributed by atoms with E-state index in [1.165, 1.54) is 0 Å². The topological polar surface area (TPSA) is 83.0 Å². The van der Waals surface area contributed by atoms with E-state index in [1.807, 2.05) is 24.3 Å². The molecule has 2 heterocycles. The van der Waals surface area contributed by atoms with E-state index in [9.17, 15) is 4.79 Å². The van der Waals surface area contributed by atoms with Crippen LogP contribution in [0.2, 0.25) is 0 Å². The zero-order valence-electron chi connectivity index (χ0n) is 12.1. The fraction of sp³-hybridized carbons (Fsp3) is 0.250. The summed E-state index contributed by atoms with van der Waals surface area (Å²) in [4.78, 5) is 11.7. The van der Waals surface area contributed by atoms with Gasteiger partial charge in [0, 0.05) is 24.0 Å². The van der Waals surface area contributed by atoms with Gasteiger partial charge in [-0.2, -0.15) is 5.10 Å². The fourth-order valence-corrected chi connectivity index (χ4v) is 2.30. The lowest BCUT2D eigenvalue weighted by Gasteiger charge is -2.08. The molecule has 0 aliphatic rings. The van der Waals surface area contributed by atoms with E-state index in [-0.39, 0.29) is 5.56 Å². The van der Waals surface area contributed by atoms with E-state index in [4.69, 9.17) is 4.42 Å². The summed E-state index contributed by atoms with van der Waals surface area (Å²) in [6, 6.07) is 9.40. The summed E-state index contributed by atoms with van der Waals surface area (Å²) >= 11 is 0. The fourth-order valence-electron chi connectivity index (χ4n) is 2.30. The van der Waals surface area contributed by atoms with Gasteiger partial charge in [-0.15, -0.1) is 0 Å².